The van der Waals surface area contributed by atoms with E-state index in [4.69, 9.17) is 24.7 Å². The number of rotatable bonds is 60. The van der Waals surface area contributed by atoms with Gasteiger partial charge in [0.05, 0.1) is 97.5 Å². The number of amides is 18. The molecule has 13 N–H and O–H groups in total. The van der Waals surface area contributed by atoms with Crippen LogP contribution in [0.3, 0.4) is 0 Å². The fraction of sp³-hybridized carbons (Fsp3) is 0.658. The highest BCUT2D eigenvalue weighted by Crippen LogP contribution is 2.36. The summed E-state index contributed by atoms with van der Waals surface area (Å²) in [5, 5.41) is 35.0. The number of nitrogens with two attached hydrogens (primary N) is 1. The number of primary amides is 1. The minimum Gasteiger partial charge on any atom is -0.379 e. The molecule has 0 saturated carbocycles. The van der Waals surface area contributed by atoms with Crippen molar-refractivity contribution >= 4 is 159 Å². The predicted molar refractivity (Wildman–Crippen MR) is 439 cm³/mol. The summed E-state index contributed by atoms with van der Waals surface area (Å²) in [5.41, 5.74) is 8.48. The third-order valence-electron chi connectivity index (χ3n) is 19.2. The number of thioether (sulfide) groups is 4. The zero-order valence-electron chi connectivity index (χ0n) is 66.8. The quantitative estimate of drug-likeness (QED) is 0.0262. The smallest absolute Gasteiger partial charge is 0.242 e. The van der Waals surface area contributed by atoms with Gasteiger partial charge in [0, 0.05) is 158 Å². The van der Waals surface area contributed by atoms with Gasteiger partial charge in [0.25, 0.3) is 0 Å². The van der Waals surface area contributed by atoms with Crippen molar-refractivity contribution in [2.24, 2.45) is 5.73 Å². The molecule has 5 aliphatic heterocycles. The molecule has 0 bridgehead atoms. The molecule has 39 nitrogen and oxygen atoms in total. The number of para-hydroxylation sites is 1. The normalized spacial score (nSPS) is 17.4. The van der Waals surface area contributed by atoms with Gasteiger partial charge in [0.1, 0.15) is 12.1 Å². The van der Waals surface area contributed by atoms with Crippen LogP contribution in [0.2, 0.25) is 0 Å². The molecule has 6 atom stereocenters. The van der Waals surface area contributed by atoms with Crippen molar-refractivity contribution < 1.29 is 105 Å². The monoisotopic (exact) mass is 1740 g/mol. The highest BCUT2D eigenvalue weighted by Gasteiger charge is 2.36. The number of carbonyl (C=O) groups excluding carboxylic acids is 18. The number of hydrogen-bond donors (Lipinski definition) is 12. The fourth-order valence-corrected chi connectivity index (χ4v) is 17.1. The summed E-state index contributed by atoms with van der Waals surface area (Å²) in [7, 11) is 0. The minimum absolute atomic E-state index is 0.0159. The maximum absolute atomic E-state index is 14.1. The maximum Gasteiger partial charge on any atom is 0.242 e. The third kappa shape index (κ3) is 36.8. The molecule has 4 fully saturated rings. The number of anilines is 1. The number of nitrogens with one attached hydrogen (secondary N) is 11. The number of hydrogen-bond acceptors (Lipinski definition) is 28. The van der Waals surface area contributed by atoms with Gasteiger partial charge >= 0.3 is 0 Å². The van der Waals surface area contributed by atoms with Gasteiger partial charge < -0.3 is 71.7 Å². The van der Waals surface area contributed by atoms with E-state index >= 15 is 0 Å². The van der Waals surface area contributed by atoms with Gasteiger partial charge in [-0.15, -0.1) is 52.1 Å². The average molecular weight is 1740 g/mol. The van der Waals surface area contributed by atoms with Crippen LogP contribution in [0, 0.1) is 0 Å². The molecule has 0 aliphatic carbocycles. The zero-order valence-corrected chi connectivity index (χ0v) is 70.1. The Hall–Kier alpha value is -9.14. The van der Waals surface area contributed by atoms with Gasteiger partial charge in [-0.2, -0.15) is 0 Å². The molecule has 656 valence electrons. The Morgan fingerprint density at radius 3 is 1.34 bits per heavy atom. The van der Waals surface area contributed by atoms with Crippen LogP contribution in [0.15, 0.2) is 24.3 Å². The molecule has 7 rings (SSSR count). The first kappa shape index (κ1) is 97.0. The van der Waals surface area contributed by atoms with Crippen molar-refractivity contribution in [2.75, 3.05) is 133 Å². The van der Waals surface area contributed by atoms with Crippen LogP contribution >= 0.6 is 47.0 Å². The molecular weight excluding hydrogens is 1630 g/mol. The molecule has 43 heteroatoms. The summed E-state index contributed by atoms with van der Waals surface area (Å²) < 4.78 is 24.5. The Kier molecular flexibility index (Phi) is 44.2. The largest absolute Gasteiger partial charge is 0.379 e. The lowest BCUT2D eigenvalue weighted by Crippen LogP contribution is -2.50. The molecule has 0 radical (unpaired) electrons. The number of aromatic nitrogens is 3. The highest BCUT2D eigenvalue weighted by atomic mass is 32.2. The van der Waals surface area contributed by atoms with E-state index in [0.717, 1.165) is 40.5 Å². The molecule has 1 aromatic carbocycles. The van der Waals surface area contributed by atoms with Gasteiger partial charge in [0.15, 0.2) is 0 Å². The predicted octanol–water partition coefficient (Wildman–Crippen LogP) is -1.62. The molecule has 5 aliphatic rings. The molecule has 1 aromatic heterocycles. The van der Waals surface area contributed by atoms with E-state index in [1.54, 1.807) is 9.58 Å². The second-order valence-corrected chi connectivity index (χ2v) is 33.6. The van der Waals surface area contributed by atoms with Crippen LogP contribution in [-0.2, 0) is 118 Å². The van der Waals surface area contributed by atoms with Gasteiger partial charge in [-0.3, -0.25) is 108 Å². The van der Waals surface area contributed by atoms with E-state index in [0.29, 0.717) is 128 Å². The van der Waals surface area contributed by atoms with E-state index in [9.17, 15) is 86.3 Å². The summed E-state index contributed by atoms with van der Waals surface area (Å²) in [6, 6.07) is 5.37. The van der Waals surface area contributed by atoms with Crippen LogP contribution in [0.1, 0.15) is 147 Å². The number of ether oxygens (including phenoxy) is 4. The maximum atomic E-state index is 14.1. The number of nitrogens with zero attached hydrogens (tertiary/aromatic N) is 5. The molecule has 0 spiro atoms. The number of fused-ring (bicyclic) bond motifs is 3. The number of aryl methyl sites for hydroxylation is 1. The first-order valence-electron chi connectivity index (χ1n) is 40.4. The molecular formula is C76H111N17O22S4. The van der Waals surface area contributed by atoms with Gasteiger partial charge in [0.2, 0.25) is 106 Å². The lowest BCUT2D eigenvalue weighted by molar-refractivity contribution is -0.133. The first-order chi connectivity index (χ1) is 57.4. The van der Waals surface area contributed by atoms with E-state index in [2.05, 4.69) is 68.8 Å². The minimum atomic E-state index is -1.09. The standard InChI is InChI=1S/C76H111N17O22S4/c77-58(94)17-18-69(105)92-29-10-14-50-70(49-11-3-4-15-53(49)92)93(90-89-50)32-34-113-36-38-115-40-39-114-37-35-112-33-19-59(95)78-24-7-1-2-16-68(104)91(30-27-81-71(106)51(83-62(98)22-43-118-56-47-66(102)87-75(56)110)12-5-8-25-79-60(96)20-41-116-54-45-64(100)85-73(54)108)31-28-82-72(107)52(84-63(99)23-44-119-57-48-67(103)88-76(57)111)13-6-9-26-80-61(97)21-42-117-55-46-65(101)86-74(55)109/h3-4,11,15,51-52,54-57H,1-2,5-10,12-14,16-48H2,(H2,77,94)(H,78,95)(H,79,96)(H,80,97)(H,81,106)(H,82,107)(H,83,98)(H,84,99)(H,85,100,108)(H,86,101,109)(H,87,102,110)(H,88,103,111)/t51-,52-,54?,55?,56?,57?/m0/s1. The van der Waals surface area contributed by atoms with Crippen LogP contribution in [-0.4, -0.2) is 288 Å². The van der Waals surface area contributed by atoms with Gasteiger partial charge in [-0.1, -0.05) is 29.8 Å². The van der Waals surface area contributed by atoms with Crippen LogP contribution in [0.25, 0.3) is 11.3 Å². The Balaban J connectivity index is 0.837. The first-order valence-corrected chi connectivity index (χ1v) is 44.5. The van der Waals surface area contributed by atoms with Crippen molar-refractivity contribution in [1.82, 2.24) is 78.4 Å². The summed E-state index contributed by atoms with van der Waals surface area (Å²) in [6.45, 7) is 3.58. The Morgan fingerprint density at radius 1 is 0.471 bits per heavy atom. The van der Waals surface area contributed by atoms with Crippen molar-refractivity contribution in [3.05, 3.63) is 30.0 Å². The van der Waals surface area contributed by atoms with Crippen LogP contribution < -0.4 is 69.1 Å². The van der Waals surface area contributed by atoms with E-state index < -0.39 is 98.1 Å². The van der Waals surface area contributed by atoms with E-state index in [1.807, 2.05) is 24.3 Å². The topological polar surface area (TPSA) is 540 Å². The molecule has 6 heterocycles. The fourth-order valence-electron chi connectivity index (χ4n) is 12.9. The third-order valence-corrected chi connectivity index (χ3v) is 24.1. The zero-order chi connectivity index (χ0) is 85.7. The number of carbonyl (C=O) groups is 18. The van der Waals surface area contributed by atoms with Crippen molar-refractivity contribution in [2.45, 2.75) is 187 Å². The lowest BCUT2D eigenvalue weighted by Gasteiger charge is -2.27. The molecule has 119 heavy (non-hydrogen) atoms. The Labute approximate surface area is 706 Å². The number of imide groups is 4. The summed E-state index contributed by atoms with van der Waals surface area (Å²) >= 11 is 4.67. The van der Waals surface area contributed by atoms with Crippen molar-refractivity contribution in [1.29, 1.82) is 0 Å². The Morgan fingerprint density at radius 2 is 0.891 bits per heavy atom. The second kappa shape index (κ2) is 54.2. The lowest BCUT2D eigenvalue weighted by atomic mass is 10.0. The van der Waals surface area contributed by atoms with E-state index in [-0.39, 0.29) is 202 Å². The van der Waals surface area contributed by atoms with Crippen LogP contribution in [0.5, 0.6) is 0 Å². The summed E-state index contributed by atoms with van der Waals surface area (Å²) in [5.74, 6) is -6.40. The summed E-state index contributed by atoms with van der Waals surface area (Å²) in [4.78, 5) is 230. The van der Waals surface area contributed by atoms with Gasteiger partial charge in [-0.25, -0.2) is 4.68 Å². The van der Waals surface area contributed by atoms with Gasteiger partial charge in [-0.05, 0) is 70.3 Å². The van der Waals surface area contributed by atoms with Crippen molar-refractivity contribution in [3.8, 4) is 11.3 Å². The number of benzene rings is 1. The Bertz CT molecular complexity index is 3700. The number of unbranched alkanes of at least 4 members (excludes halogenated alkanes) is 4. The van der Waals surface area contributed by atoms with Crippen molar-refractivity contribution in [3.63, 3.8) is 0 Å². The average Bonchev–Trinajstić information content (AvgIpc) is 1.69. The SMILES string of the molecule is NC(=O)CCC(=O)N1CCCc2nnn(CCOCCOCCOCCOCCC(=O)NCCCCCC(=O)N(CCNC(=O)[C@H](CCCCNC(=O)CCSC3CC(=O)NC3=O)NC(=O)CCSC3CC(=O)NC3=O)CCNC(=O)[C@H](CCCCNC(=O)CCSC3CC(=O)NC3=O)NC(=O)CCSC3CC(=O)NC3=O)c2-c2ccccc21. The second-order valence-electron chi connectivity index (χ2n) is 28.4. The molecule has 4 saturated heterocycles. The highest BCUT2D eigenvalue weighted by molar-refractivity contribution is 8.01. The molecule has 4 unspecified atom stereocenters. The van der Waals surface area contributed by atoms with Crippen LogP contribution in [0.4, 0.5) is 5.69 Å². The molecule has 2 aromatic rings. The summed E-state index contributed by atoms with van der Waals surface area (Å²) in [6.07, 6.45) is 4.63. The molecule has 18 amide bonds. The van der Waals surface area contributed by atoms with E-state index in [1.165, 1.54) is 28.4 Å².